The number of halogens is 2. The quantitative estimate of drug-likeness (QED) is 0.605. The monoisotopic (exact) mass is 314 g/mol. The molecule has 0 atom stereocenters. The average molecular weight is 314 g/mol. The van der Waals surface area contributed by atoms with Gasteiger partial charge in [-0.25, -0.2) is 0 Å². The zero-order valence-electron chi connectivity index (χ0n) is 11.2. The predicted molar refractivity (Wildman–Crippen MR) is 74.4 cm³/mol. The molecule has 0 saturated heterocycles. The summed E-state index contributed by atoms with van der Waals surface area (Å²) in [6, 6.07) is 4.53. The van der Waals surface area contributed by atoms with Crippen LogP contribution in [0.5, 0.6) is 11.5 Å². The standard InChI is InChI=1S/C12H12F2N4O2S/c1-19-10-5-8(3-4-9(10)20-11(13)14)6-16-18-7-15-17-12(18)21-2/h3-7,11H,1-2H3/b16-6-. The summed E-state index contributed by atoms with van der Waals surface area (Å²) in [5.41, 5.74) is 0.661. The molecule has 21 heavy (non-hydrogen) atoms. The number of thioether (sulfide) groups is 1. The smallest absolute Gasteiger partial charge is 0.387 e. The molecule has 1 heterocycles. The first-order chi connectivity index (χ1) is 10.1. The van der Waals surface area contributed by atoms with Crippen molar-refractivity contribution in [1.29, 1.82) is 0 Å². The number of nitrogens with zero attached hydrogens (tertiary/aromatic N) is 4. The van der Waals surface area contributed by atoms with Gasteiger partial charge in [0, 0.05) is 0 Å². The van der Waals surface area contributed by atoms with E-state index in [1.807, 2.05) is 6.26 Å². The molecule has 2 aromatic rings. The Morgan fingerprint density at radius 2 is 2.19 bits per heavy atom. The SMILES string of the molecule is COc1cc(/C=N\n2cnnc2SC)ccc1OC(F)F. The third-order valence-corrected chi connectivity index (χ3v) is 3.05. The van der Waals surface area contributed by atoms with Crippen LogP contribution in [-0.4, -0.2) is 41.1 Å². The summed E-state index contributed by atoms with van der Waals surface area (Å²) in [6.45, 7) is -2.90. The largest absolute Gasteiger partial charge is 0.493 e. The van der Waals surface area contributed by atoms with Crippen LogP contribution >= 0.6 is 11.8 Å². The lowest BCUT2D eigenvalue weighted by molar-refractivity contribution is -0.0512. The molecule has 0 spiro atoms. The van der Waals surface area contributed by atoms with Crippen LogP contribution in [-0.2, 0) is 0 Å². The number of methoxy groups -OCH3 is 1. The Balaban J connectivity index is 2.21. The minimum atomic E-state index is -2.90. The summed E-state index contributed by atoms with van der Waals surface area (Å²) in [5.74, 6) is 0.173. The van der Waals surface area contributed by atoms with E-state index in [1.54, 1.807) is 12.1 Å². The zero-order valence-corrected chi connectivity index (χ0v) is 12.1. The number of hydrogen-bond acceptors (Lipinski definition) is 6. The highest BCUT2D eigenvalue weighted by Crippen LogP contribution is 2.28. The summed E-state index contributed by atoms with van der Waals surface area (Å²) in [6.07, 6.45) is 4.86. The van der Waals surface area contributed by atoms with Crippen LogP contribution in [0.2, 0.25) is 0 Å². The van der Waals surface area contributed by atoms with Crippen molar-refractivity contribution in [1.82, 2.24) is 14.9 Å². The van der Waals surface area contributed by atoms with Gasteiger partial charge in [0.25, 0.3) is 0 Å². The Hall–Kier alpha value is -2.16. The molecular weight excluding hydrogens is 302 g/mol. The van der Waals surface area contributed by atoms with Crippen LogP contribution < -0.4 is 9.47 Å². The Kier molecular flexibility index (Phi) is 5.09. The number of alkyl halides is 2. The van der Waals surface area contributed by atoms with Gasteiger partial charge in [0.2, 0.25) is 5.16 Å². The van der Waals surface area contributed by atoms with E-state index in [0.29, 0.717) is 10.7 Å². The van der Waals surface area contributed by atoms with E-state index in [2.05, 4.69) is 20.0 Å². The first-order valence-electron chi connectivity index (χ1n) is 5.75. The van der Waals surface area contributed by atoms with Crippen molar-refractivity contribution in [3.05, 3.63) is 30.1 Å². The van der Waals surface area contributed by atoms with Crippen molar-refractivity contribution in [2.75, 3.05) is 13.4 Å². The summed E-state index contributed by atoms with van der Waals surface area (Å²) >= 11 is 1.40. The molecule has 0 unspecified atom stereocenters. The van der Waals surface area contributed by atoms with Crippen molar-refractivity contribution in [3.8, 4) is 11.5 Å². The number of benzene rings is 1. The van der Waals surface area contributed by atoms with Crippen molar-refractivity contribution >= 4 is 18.0 Å². The Morgan fingerprint density at radius 1 is 1.38 bits per heavy atom. The molecule has 0 N–H and O–H groups in total. The highest BCUT2D eigenvalue weighted by Gasteiger charge is 2.10. The molecule has 1 aromatic carbocycles. The van der Waals surface area contributed by atoms with Crippen molar-refractivity contribution < 1.29 is 18.3 Å². The second kappa shape index (κ2) is 7.02. The van der Waals surface area contributed by atoms with Crippen LogP contribution in [0, 0.1) is 0 Å². The van der Waals surface area contributed by atoms with Crippen molar-refractivity contribution in [2.45, 2.75) is 11.8 Å². The molecule has 2 rings (SSSR count). The summed E-state index contributed by atoms with van der Waals surface area (Å²) < 4.78 is 35.3. The summed E-state index contributed by atoms with van der Waals surface area (Å²) in [5, 5.41) is 12.4. The third-order valence-electron chi connectivity index (χ3n) is 2.42. The van der Waals surface area contributed by atoms with E-state index in [-0.39, 0.29) is 11.5 Å². The van der Waals surface area contributed by atoms with Gasteiger partial charge in [0.05, 0.1) is 13.3 Å². The van der Waals surface area contributed by atoms with E-state index in [1.165, 1.54) is 42.2 Å². The third kappa shape index (κ3) is 3.91. The van der Waals surface area contributed by atoms with Crippen LogP contribution in [0.4, 0.5) is 8.78 Å². The average Bonchev–Trinajstić information content (AvgIpc) is 2.93. The number of rotatable bonds is 6. The number of ether oxygens (including phenoxy) is 2. The molecule has 0 amide bonds. The van der Waals surface area contributed by atoms with Gasteiger partial charge in [-0.3, -0.25) is 0 Å². The lowest BCUT2D eigenvalue weighted by atomic mass is 10.2. The van der Waals surface area contributed by atoms with E-state index in [9.17, 15) is 8.78 Å². The molecule has 112 valence electrons. The first-order valence-corrected chi connectivity index (χ1v) is 6.97. The molecular formula is C12H12F2N4O2S. The van der Waals surface area contributed by atoms with Gasteiger partial charge >= 0.3 is 6.61 Å². The fourth-order valence-corrected chi connectivity index (χ4v) is 1.93. The van der Waals surface area contributed by atoms with E-state index >= 15 is 0 Å². The summed E-state index contributed by atoms with van der Waals surface area (Å²) in [7, 11) is 1.38. The number of aromatic nitrogens is 3. The van der Waals surface area contributed by atoms with Crippen molar-refractivity contribution in [2.24, 2.45) is 5.10 Å². The van der Waals surface area contributed by atoms with Crippen LogP contribution in [0.1, 0.15) is 5.56 Å². The molecule has 0 bridgehead atoms. The highest BCUT2D eigenvalue weighted by molar-refractivity contribution is 7.98. The van der Waals surface area contributed by atoms with E-state index < -0.39 is 6.61 Å². The second-order valence-electron chi connectivity index (χ2n) is 3.70. The topological polar surface area (TPSA) is 61.5 Å². The maximum atomic E-state index is 12.2. The van der Waals surface area contributed by atoms with Gasteiger partial charge in [-0.15, -0.1) is 10.2 Å². The molecule has 0 aliphatic heterocycles. The molecule has 0 aliphatic carbocycles. The predicted octanol–water partition coefficient (Wildman–Crippen LogP) is 2.49. The molecule has 0 radical (unpaired) electrons. The van der Waals surface area contributed by atoms with Gasteiger partial charge in [-0.05, 0) is 30.0 Å². The summed E-state index contributed by atoms with van der Waals surface area (Å²) in [4.78, 5) is 0. The molecule has 0 aliphatic rings. The lowest BCUT2D eigenvalue weighted by Gasteiger charge is -2.09. The van der Waals surface area contributed by atoms with Crippen LogP contribution in [0.15, 0.2) is 34.8 Å². The van der Waals surface area contributed by atoms with E-state index in [0.717, 1.165) is 0 Å². The molecule has 9 heteroatoms. The molecule has 6 nitrogen and oxygen atoms in total. The lowest BCUT2D eigenvalue weighted by Crippen LogP contribution is -2.03. The minimum Gasteiger partial charge on any atom is -0.493 e. The maximum Gasteiger partial charge on any atom is 0.387 e. The molecule has 1 aromatic heterocycles. The van der Waals surface area contributed by atoms with Gasteiger partial charge in [0.15, 0.2) is 11.5 Å². The molecule has 0 saturated carbocycles. The fourth-order valence-electron chi connectivity index (χ4n) is 1.52. The zero-order chi connectivity index (χ0) is 15.2. The minimum absolute atomic E-state index is 0.0289. The van der Waals surface area contributed by atoms with E-state index in [4.69, 9.17) is 4.74 Å². The fraction of sp³-hybridized carbons (Fsp3) is 0.250. The normalized spacial score (nSPS) is 11.3. The second-order valence-corrected chi connectivity index (χ2v) is 4.47. The first kappa shape index (κ1) is 15.2. The maximum absolute atomic E-state index is 12.2. The van der Waals surface area contributed by atoms with Gasteiger partial charge in [0.1, 0.15) is 6.33 Å². The Labute approximate surface area is 123 Å². The van der Waals surface area contributed by atoms with Gasteiger partial charge in [-0.1, -0.05) is 11.8 Å². The van der Waals surface area contributed by atoms with Gasteiger partial charge < -0.3 is 9.47 Å². The van der Waals surface area contributed by atoms with Gasteiger partial charge in [-0.2, -0.15) is 18.6 Å². The van der Waals surface area contributed by atoms with Crippen LogP contribution in [0.3, 0.4) is 0 Å². The number of hydrogen-bond donors (Lipinski definition) is 0. The Morgan fingerprint density at radius 3 is 2.86 bits per heavy atom. The highest BCUT2D eigenvalue weighted by atomic mass is 32.2. The van der Waals surface area contributed by atoms with Crippen LogP contribution in [0.25, 0.3) is 0 Å². The Bertz CT molecular complexity index is 633. The van der Waals surface area contributed by atoms with Crippen molar-refractivity contribution in [3.63, 3.8) is 0 Å². The molecule has 0 fully saturated rings.